The number of piperidine rings is 1. The number of carboxylic acids is 1. The largest absolute Gasteiger partial charge is 0.481 e. The molecule has 1 aliphatic rings. The quantitative estimate of drug-likeness (QED) is 0.756. The number of carbonyl (C=O) groups is 3. The van der Waals surface area contributed by atoms with Crippen molar-refractivity contribution < 1.29 is 19.5 Å². The molecule has 0 radical (unpaired) electrons. The summed E-state index contributed by atoms with van der Waals surface area (Å²) in [6.45, 7) is 5.70. The maximum atomic E-state index is 11.9. The number of nitrogens with one attached hydrogen (secondary N) is 1. The molecular formula is C14H24N2O4. The lowest BCUT2D eigenvalue weighted by atomic mass is 9.83. The second-order valence-corrected chi connectivity index (χ2v) is 6.11. The van der Waals surface area contributed by atoms with Gasteiger partial charge in [-0.1, -0.05) is 13.8 Å². The van der Waals surface area contributed by atoms with Crippen LogP contribution in [0.4, 0.5) is 4.79 Å². The average molecular weight is 284 g/mol. The molecular weight excluding hydrogens is 260 g/mol. The van der Waals surface area contributed by atoms with Gasteiger partial charge in [-0.3, -0.25) is 14.9 Å². The highest BCUT2D eigenvalue weighted by atomic mass is 16.4. The van der Waals surface area contributed by atoms with Gasteiger partial charge >= 0.3 is 12.0 Å². The molecule has 0 aromatic carbocycles. The molecule has 0 aliphatic carbocycles. The van der Waals surface area contributed by atoms with Crippen LogP contribution in [-0.4, -0.2) is 41.0 Å². The van der Waals surface area contributed by atoms with Crippen LogP contribution in [0.5, 0.6) is 0 Å². The molecule has 0 saturated carbocycles. The topological polar surface area (TPSA) is 86.7 Å². The van der Waals surface area contributed by atoms with E-state index in [9.17, 15) is 14.4 Å². The zero-order valence-corrected chi connectivity index (χ0v) is 12.3. The van der Waals surface area contributed by atoms with Crippen LogP contribution in [0.2, 0.25) is 0 Å². The van der Waals surface area contributed by atoms with Gasteiger partial charge in [0.1, 0.15) is 0 Å². The number of nitrogens with zero attached hydrogens (tertiary/aromatic N) is 1. The molecule has 3 amide bonds. The van der Waals surface area contributed by atoms with Crippen molar-refractivity contribution in [3.63, 3.8) is 0 Å². The number of likely N-dealkylation sites (tertiary alicyclic amines) is 1. The van der Waals surface area contributed by atoms with Crippen molar-refractivity contribution in [2.75, 3.05) is 13.1 Å². The Morgan fingerprint density at radius 1 is 1.10 bits per heavy atom. The first-order valence-corrected chi connectivity index (χ1v) is 7.11. The van der Waals surface area contributed by atoms with Gasteiger partial charge in [0.2, 0.25) is 5.91 Å². The van der Waals surface area contributed by atoms with E-state index in [1.807, 2.05) is 0 Å². The lowest BCUT2D eigenvalue weighted by Gasteiger charge is -2.36. The van der Waals surface area contributed by atoms with E-state index in [2.05, 4.69) is 19.2 Å². The van der Waals surface area contributed by atoms with Crippen molar-refractivity contribution in [2.45, 2.75) is 52.4 Å². The number of urea groups is 1. The zero-order valence-electron chi connectivity index (χ0n) is 12.3. The summed E-state index contributed by atoms with van der Waals surface area (Å²) in [4.78, 5) is 35.4. The van der Waals surface area contributed by atoms with Crippen LogP contribution in [0.1, 0.15) is 52.4 Å². The van der Waals surface area contributed by atoms with Crippen LogP contribution in [0.3, 0.4) is 0 Å². The van der Waals surface area contributed by atoms with Crippen molar-refractivity contribution in [2.24, 2.45) is 5.41 Å². The number of hydrogen-bond donors (Lipinski definition) is 2. The van der Waals surface area contributed by atoms with Gasteiger partial charge in [-0.25, -0.2) is 4.79 Å². The number of rotatable bonds is 5. The van der Waals surface area contributed by atoms with Gasteiger partial charge in [0.25, 0.3) is 0 Å². The Bertz CT molecular complexity index is 369. The minimum absolute atomic E-state index is 0.0580. The Balaban J connectivity index is 2.21. The molecule has 114 valence electrons. The molecule has 1 aliphatic heterocycles. The van der Waals surface area contributed by atoms with E-state index in [0.29, 0.717) is 25.9 Å². The van der Waals surface area contributed by atoms with Gasteiger partial charge in [-0.05, 0) is 31.1 Å². The summed E-state index contributed by atoms with van der Waals surface area (Å²) in [7, 11) is 0. The minimum Gasteiger partial charge on any atom is -0.481 e. The van der Waals surface area contributed by atoms with E-state index in [4.69, 9.17) is 5.11 Å². The molecule has 6 heteroatoms. The minimum atomic E-state index is -0.864. The summed E-state index contributed by atoms with van der Waals surface area (Å²) >= 11 is 0. The van der Waals surface area contributed by atoms with Crippen LogP contribution in [0.15, 0.2) is 0 Å². The average Bonchev–Trinajstić information content (AvgIpc) is 2.34. The van der Waals surface area contributed by atoms with Gasteiger partial charge in [0, 0.05) is 25.9 Å². The molecule has 0 bridgehead atoms. The normalized spacial score (nSPS) is 17.6. The maximum absolute atomic E-state index is 11.9. The van der Waals surface area contributed by atoms with Crippen molar-refractivity contribution in [1.29, 1.82) is 0 Å². The van der Waals surface area contributed by atoms with E-state index >= 15 is 0 Å². The molecule has 2 N–H and O–H groups in total. The molecule has 0 unspecified atom stereocenters. The Morgan fingerprint density at radius 2 is 1.65 bits per heavy atom. The lowest BCUT2D eigenvalue weighted by molar-refractivity contribution is -0.137. The van der Waals surface area contributed by atoms with Crippen LogP contribution >= 0.6 is 0 Å². The third-order valence-electron chi connectivity index (χ3n) is 3.70. The molecule has 0 atom stereocenters. The van der Waals surface area contributed by atoms with Crippen LogP contribution in [0.25, 0.3) is 0 Å². The standard InChI is InChI=1S/C14H24N2O4/c1-14(2)7-9-16(10-8-14)13(20)15-11(17)5-3-4-6-12(18)19/h3-10H2,1-2H3,(H,18,19)(H,15,17,20). The fraction of sp³-hybridized carbons (Fsp3) is 0.786. The summed E-state index contributed by atoms with van der Waals surface area (Å²) in [6.07, 6.45) is 3.06. The number of carboxylic acid groups (broad SMARTS) is 1. The first-order valence-electron chi connectivity index (χ1n) is 7.11. The first-order chi connectivity index (χ1) is 9.30. The highest BCUT2D eigenvalue weighted by Crippen LogP contribution is 2.29. The number of amides is 3. The maximum Gasteiger partial charge on any atom is 0.324 e. The molecule has 1 fully saturated rings. The molecule has 0 aromatic heterocycles. The van der Waals surface area contributed by atoms with Crippen LogP contribution in [-0.2, 0) is 9.59 Å². The SMILES string of the molecule is CC1(C)CCN(C(=O)NC(=O)CCCCC(=O)O)CC1. The predicted octanol–water partition coefficient (Wildman–Crippen LogP) is 1.99. The van der Waals surface area contributed by atoms with Crippen molar-refractivity contribution in [1.82, 2.24) is 10.2 Å². The summed E-state index contributed by atoms with van der Waals surface area (Å²) < 4.78 is 0. The van der Waals surface area contributed by atoms with E-state index in [1.54, 1.807) is 4.90 Å². The van der Waals surface area contributed by atoms with E-state index in [0.717, 1.165) is 12.8 Å². The van der Waals surface area contributed by atoms with Gasteiger partial charge in [-0.2, -0.15) is 0 Å². The summed E-state index contributed by atoms with van der Waals surface area (Å²) in [5, 5.41) is 10.8. The molecule has 1 rings (SSSR count). The summed E-state index contributed by atoms with van der Waals surface area (Å²) in [5.41, 5.74) is 0.262. The van der Waals surface area contributed by atoms with Crippen molar-refractivity contribution in [3.05, 3.63) is 0 Å². The Morgan fingerprint density at radius 3 is 2.20 bits per heavy atom. The summed E-state index contributed by atoms with van der Waals surface area (Å²) in [5.74, 6) is -1.19. The smallest absolute Gasteiger partial charge is 0.324 e. The second-order valence-electron chi connectivity index (χ2n) is 6.11. The van der Waals surface area contributed by atoms with Crippen molar-refractivity contribution in [3.8, 4) is 0 Å². The highest BCUT2D eigenvalue weighted by Gasteiger charge is 2.28. The van der Waals surface area contributed by atoms with Gasteiger partial charge in [0.15, 0.2) is 0 Å². The molecule has 6 nitrogen and oxygen atoms in total. The lowest BCUT2D eigenvalue weighted by Crippen LogP contribution is -2.47. The molecule has 1 heterocycles. The number of unbranched alkanes of at least 4 members (excludes halogenated alkanes) is 1. The van der Waals surface area contributed by atoms with E-state index in [-0.39, 0.29) is 30.2 Å². The van der Waals surface area contributed by atoms with Crippen molar-refractivity contribution >= 4 is 17.9 Å². The number of hydrogen-bond acceptors (Lipinski definition) is 3. The highest BCUT2D eigenvalue weighted by molar-refractivity contribution is 5.94. The third-order valence-corrected chi connectivity index (χ3v) is 3.70. The fourth-order valence-electron chi connectivity index (χ4n) is 2.14. The first kappa shape index (κ1) is 16.5. The van der Waals surface area contributed by atoms with Gasteiger partial charge < -0.3 is 10.0 Å². The van der Waals surface area contributed by atoms with E-state index < -0.39 is 5.97 Å². The molecule has 20 heavy (non-hydrogen) atoms. The Labute approximate surface area is 119 Å². The van der Waals surface area contributed by atoms with Gasteiger partial charge in [-0.15, -0.1) is 0 Å². The monoisotopic (exact) mass is 284 g/mol. The molecule has 0 spiro atoms. The second kappa shape index (κ2) is 7.26. The molecule has 0 aromatic rings. The Hall–Kier alpha value is -1.59. The number of aliphatic carboxylic acids is 1. The molecule has 1 saturated heterocycles. The van der Waals surface area contributed by atoms with E-state index in [1.165, 1.54) is 0 Å². The van der Waals surface area contributed by atoms with Crippen LogP contribution < -0.4 is 5.32 Å². The zero-order chi connectivity index (χ0) is 15.2. The van der Waals surface area contributed by atoms with Crippen LogP contribution in [0, 0.1) is 5.41 Å². The van der Waals surface area contributed by atoms with Gasteiger partial charge in [0.05, 0.1) is 0 Å². The number of imide groups is 1. The fourth-order valence-corrected chi connectivity index (χ4v) is 2.14. The number of carbonyl (C=O) groups excluding carboxylic acids is 2. The summed E-state index contributed by atoms with van der Waals surface area (Å²) in [6, 6.07) is -0.330. The Kier molecular flexibility index (Phi) is 5.98. The third kappa shape index (κ3) is 6.04. The predicted molar refractivity (Wildman–Crippen MR) is 74.2 cm³/mol.